The molecule has 1 heterocycles. The van der Waals surface area contributed by atoms with E-state index in [1.54, 1.807) is 18.4 Å². The Bertz CT molecular complexity index is 263. The van der Waals surface area contributed by atoms with Crippen molar-refractivity contribution in [2.45, 2.75) is 26.4 Å². The Morgan fingerprint density at radius 3 is 2.69 bits per heavy atom. The first-order chi connectivity index (χ1) is 5.99. The molecule has 0 radical (unpaired) electrons. The molecule has 13 heavy (non-hydrogen) atoms. The van der Waals surface area contributed by atoms with Crippen LogP contribution in [0.15, 0.2) is 23.3 Å². The van der Waals surface area contributed by atoms with E-state index in [2.05, 4.69) is 4.72 Å². The lowest BCUT2D eigenvalue weighted by Crippen LogP contribution is -2.25. The number of esters is 1. The lowest BCUT2D eigenvalue weighted by atomic mass is 10.2. The fourth-order valence-electron chi connectivity index (χ4n) is 0.744. The average molecular weight is 199 g/mol. The predicted molar refractivity (Wildman–Crippen MR) is 53.8 cm³/mol. The van der Waals surface area contributed by atoms with E-state index in [-0.39, 0.29) is 5.97 Å². The highest BCUT2D eigenvalue weighted by atomic mass is 32.2. The van der Waals surface area contributed by atoms with Crippen LogP contribution in [0.1, 0.15) is 20.8 Å². The number of nitrogens with one attached hydrogen (secondary N) is 1. The van der Waals surface area contributed by atoms with E-state index in [1.165, 1.54) is 11.9 Å². The van der Waals surface area contributed by atoms with Gasteiger partial charge in [-0.25, -0.2) is 4.79 Å². The first-order valence-electron chi connectivity index (χ1n) is 4.01. The van der Waals surface area contributed by atoms with Crippen molar-refractivity contribution in [3.05, 3.63) is 23.3 Å². The molecular weight excluding hydrogens is 186 g/mol. The van der Waals surface area contributed by atoms with Crippen LogP contribution in [-0.4, -0.2) is 11.6 Å². The molecule has 0 fully saturated rings. The van der Waals surface area contributed by atoms with E-state index in [9.17, 15) is 4.79 Å². The van der Waals surface area contributed by atoms with Gasteiger partial charge >= 0.3 is 5.97 Å². The van der Waals surface area contributed by atoms with Gasteiger partial charge in [0.15, 0.2) is 0 Å². The first kappa shape index (κ1) is 10.2. The summed E-state index contributed by atoms with van der Waals surface area (Å²) in [7, 11) is 0. The number of ether oxygens (including phenoxy) is 1. The van der Waals surface area contributed by atoms with Gasteiger partial charge in [0.05, 0.1) is 0 Å². The summed E-state index contributed by atoms with van der Waals surface area (Å²) in [5.74, 6) is -0.283. The van der Waals surface area contributed by atoms with Crippen LogP contribution < -0.4 is 4.72 Å². The molecule has 0 saturated heterocycles. The first-order valence-corrected chi connectivity index (χ1v) is 4.83. The minimum Gasteiger partial charge on any atom is -0.456 e. The van der Waals surface area contributed by atoms with E-state index in [0.29, 0.717) is 4.91 Å². The van der Waals surface area contributed by atoms with Crippen molar-refractivity contribution in [3.8, 4) is 0 Å². The Morgan fingerprint density at radius 2 is 2.23 bits per heavy atom. The molecule has 0 aromatic rings. The molecule has 0 spiro atoms. The van der Waals surface area contributed by atoms with Gasteiger partial charge in [-0.2, -0.15) is 0 Å². The molecule has 1 aliphatic rings. The van der Waals surface area contributed by atoms with Crippen LogP contribution in [0.3, 0.4) is 0 Å². The summed E-state index contributed by atoms with van der Waals surface area (Å²) in [5.41, 5.74) is -0.431. The normalized spacial score (nSPS) is 16.1. The molecule has 0 unspecified atom stereocenters. The SMILES string of the molecule is CC(C)(C)OC(=O)C1=CC=CNS1. The number of hydrogen-bond acceptors (Lipinski definition) is 4. The van der Waals surface area contributed by atoms with Crippen molar-refractivity contribution in [2.75, 3.05) is 0 Å². The minimum atomic E-state index is -0.431. The van der Waals surface area contributed by atoms with E-state index in [0.717, 1.165) is 0 Å². The van der Waals surface area contributed by atoms with Crippen molar-refractivity contribution in [1.82, 2.24) is 4.72 Å². The second kappa shape index (κ2) is 3.87. The fraction of sp³-hybridized carbons (Fsp3) is 0.444. The topological polar surface area (TPSA) is 38.3 Å². The second-order valence-electron chi connectivity index (χ2n) is 3.61. The predicted octanol–water partition coefficient (Wildman–Crippen LogP) is 1.98. The summed E-state index contributed by atoms with van der Waals surface area (Å²) in [5, 5.41) is 0. The monoisotopic (exact) mass is 199 g/mol. The van der Waals surface area contributed by atoms with Crippen LogP contribution in [0.5, 0.6) is 0 Å². The third-order valence-corrected chi connectivity index (χ3v) is 1.96. The van der Waals surface area contributed by atoms with Crippen molar-refractivity contribution in [3.63, 3.8) is 0 Å². The van der Waals surface area contributed by atoms with Gasteiger partial charge in [-0.1, -0.05) is 0 Å². The molecule has 4 heteroatoms. The third-order valence-electron chi connectivity index (χ3n) is 1.18. The zero-order chi connectivity index (χ0) is 9.90. The maximum Gasteiger partial charge on any atom is 0.346 e. The van der Waals surface area contributed by atoms with Crippen molar-refractivity contribution in [1.29, 1.82) is 0 Å². The molecular formula is C9H13NO2S. The molecule has 0 amide bonds. The Balaban J connectivity index is 2.58. The molecule has 1 N–H and O–H groups in total. The van der Waals surface area contributed by atoms with Crippen molar-refractivity contribution >= 4 is 17.9 Å². The van der Waals surface area contributed by atoms with Gasteiger partial charge in [-0.15, -0.1) is 0 Å². The number of carbonyl (C=O) groups is 1. The van der Waals surface area contributed by atoms with Gasteiger partial charge in [0, 0.05) is 6.20 Å². The molecule has 3 nitrogen and oxygen atoms in total. The molecule has 1 aliphatic heterocycles. The minimum absolute atomic E-state index is 0.283. The van der Waals surface area contributed by atoms with E-state index >= 15 is 0 Å². The quantitative estimate of drug-likeness (QED) is 0.517. The highest BCUT2D eigenvalue weighted by Gasteiger charge is 2.20. The molecule has 0 aromatic heterocycles. The van der Waals surface area contributed by atoms with Crippen LogP contribution in [0.25, 0.3) is 0 Å². The molecule has 1 rings (SSSR count). The smallest absolute Gasteiger partial charge is 0.346 e. The molecule has 0 aromatic carbocycles. The maximum atomic E-state index is 11.4. The van der Waals surface area contributed by atoms with Crippen LogP contribution in [0.4, 0.5) is 0 Å². The standard InChI is InChI=1S/C9H13NO2S/c1-9(2,3)12-8(11)7-5-4-6-10-13-7/h4-6,10H,1-3H3. The molecule has 72 valence electrons. The van der Waals surface area contributed by atoms with Gasteiger partial charge in [0.2, 0.25) is 0 Å². The van der Waals surface area contributed by atoms with E-state index < -0.39 is 5.60 Å². The van der Waals surface area contributed by atoms with Crippen LogP contribution in [0.2, 0.25) is 0 Å². The Kier molecular flexibility index (Phi) is 3.03. The van der Waals surface area contributed by atoms with Crippen LogP contribution in [-0.2, 0) is 9.53 Å². The number of allylic oxidation sites excluding steroid dienone is 2. The van der Waals surface area contributed by atoms with Gasteiger partial charge < -0.3 is 9.46 Å². The van der Waals surface area contributed by atoms with Gasteiger partial charge in [0.1, 0.15) is 10.5 Å². The third kappa shape index (κ3) is 3.55. The van der Waals surface area contributed by atoms with Crippen molar-refractivity contribution < 1.29 is 9.53 Å². The Morgan fingerprint density at radius 1 is 1.54 bits per heavy atom. The maximum absolute atomic E-state index is 11.4. The second-order valence-corrected chi connectivity index (χ2v) is 4.49. The Hall–Kier alpha value is -0.900. The van der Waals surface area contributed by atoms with E-state index in [4.69, 9.17) is 4.74 Å². The zero-order valence-electron chi connectivity index (χ0n) is 7.96. The lowest BCUT2D eigenvalue weighted by Gasteiger charge is -2.20. The summed E-state index contributed by atoms with van der Waals surface area (Å²) in [6.45, 7) is 5.55. The molecule has 0 bridgehead atoms. The van der Waals surface area contributed by atoms with Crippen molar-refractivity contribution in [2.24, 2.45) is 0 Å². The molecule has 0 saturated carbocycles. The lowest BCUT2D eigenvalue weighted by molar-refractivity contribution is -0.148. The summed E-state index contributed by atoms with van der Waals surface area (Å²) in [6, 6.07) is 0. The average Bonchev–Trinajstić information content (AvgIpc) is 2.03. The summed E-state index contributed by atoms with van der Waals surface area (Å²) >= 11 is 1.26. The van der Waals surface area contributed by atoms with E-state index in [1.807, 2.05) is 20.8 Å². The summed E-state index contributed by atoms with van der Waals surface area (Å²) in [4.78, 5) is 12.0. The fourth-order valence-corrected chi connectivity index (χ4v) is 1.29. The molecule has 0 aliphatic carbocycles. The Labute approximate surface area is 82.4 Å². The summed E-state index contributed by atoms with van der Waals surface area (Å²) < 4.78 is 8.04. The highest BCUT2D eigenvalue weighted by Crippen LogP contribution is 2.20. The number of rotatable bonds is 1. The van der Waals surface area contributed by atoms with Gasteiger partial charge in [-0.05, 0) is 44.9 Å². The van der Waals surface area contributed by atoms with Crippen LogP contribution in [0, 0.1) is 0 Å². The van der Waals surface area contributed by atoms with Crippen LogP contribution >= 0.6 is 11.9 Å². The van der Waals surface area contributed by atoms with Gasteiger partial charge in [0.25, 0.3) is 0 Å². The van der Waals surface area contributed by atoms with Gasteiger partial charge in [-0.3, -0.25) is 0 Å². The summed E-state index contributed by atoms with van der Waals surface area (Å²) in [6.07, 6.45) is 5.27. The number of carbonyl (C=O) groups excluding carboxylic acids is 1. The largest absolute Gasteiger partial charge is 0.456 e. The highest BCUT2D eigenvalue weighted by molar-refractivity contribution is 8.02. The molecule has 0 atom stereocenters. The number of hydrogen-bond donors (Lipinski definition) is 1. The zero-order valence-corrected chi connectivity index (χ0v) is 8.77.